The van der Waals surface area contributed by atoms with Gasteiger partial charge in [0.2, 0.25) is 0 Å². The first-order chi connectivity index (χ1) is 19.4. The van der Waals surface area contributed by atoms with Crippen molar-refractivity contribution in [3.8, 4) is 5.69 Å². The average molecular weight is 543 g/mol. The van der Waals surface area contributed by atoms with E-state index in [1.54, 1.807) is 0 Å². The number of anilines is 1. The van der Waals surface area contributed by atoms with Crippen molar-refractivity contribution in [2.24, 2.45) is 5.41 Å². The molecule has 0 saturated carbocycles. The van der Waals surface area contributed by atoms with E-state index in [-0.39, 0.29) is 11.9 Å². The molecule has 8 nitrogen and oxygen atoms in total. The maximum atomic E-state index is 12.4. The third kappa shape index (κ3) is 5.79. The van der Waals surface area contributed by atoms with Gasteiger partial charge in [0.25, 0.3) is 0 Å². The van der Waals surface area contributed by atoms with E-state index < -0.39 is 0 Å². The number of rotatable bonds is 9. The van der Waals surface area contributed by atoms with Gasteiger partial charge in [0.1, 0.15) is 5.82 Å². The molecule has 6 rings (SSSR count). The summed E-state index contributed by atoms with van der Waals surface area (Å²) in [5.74, 6) is 1.02. The first kappa shape index (κ1) is 27.0. The minimum absolute atomic E-state index is 0.0860. The molecule has 5 heterocycles. The summed E-state index contributed by atoms with van der Waals surface area (Å²) in [5.41, 5.74) is 7.23. The van der Waals surface area contributed by atoms with E-state index in [0.29, 0.717) is 11.8 Å². The molecule has 1 N–H and O–H groups in total. The molecule has 1 spiro atoms. The van der Waals surface area contributed by atoms with Crippen LogP contribution in [0.4, 0.5) is 5.82 Å². The lowest BCUT2D eigenvalue weighted by molar-refractivity contribution is -0.141. The molecule has 2 saturated heterocycles. The number of fused-ring (bicyclic) bond motifs is 1. The van der Waals surface area contributed by atoms with Crippen molar-refractivity contribution in [1.29, 1.82) is 0 Å². The summed E-state index contributed by atoms with van der Waals surface area (Å²) in [6.45, 7) is 11.6. The highest BCUT2D eigenvalue weighted by atomic mass is 16.5. The second-order valence-corrected chi connectivity index (χ2v) is 12.2. The lowest BCUT2D eigenvalue weighted by Crippen LogP contribution is -2.58. The van der Waals surface area contributed by atoms with Crippen LogP contribution in [-0.2, 0) is 22.4 Å². The van der Waals surface area contributed by atoms with E-state index in [1.165, 1.54) is 31.2 Å². The van der Waals surface area contributed by atoms with Gasteiger partial charge in [-0.2, -0.15) is 5.10 Å². The molecule has 212 valence electrons. The van der Waals surface area contributed by atoms with Gasteiger partial charge in [-0.3, -0.25) is 4.79 Å². The molecule has 2 fully saturated rings. The Kier molecular flexibility index (Phi) is 7.64. The number of esters is 1. The lowest BCUT2D eigenvalue weighted by atomic mass is 9.78. The highest BCUT2D eigenvalue weighted by molar-refractivity contribution is 5.70. The molecule has 3 aliphatic heterocycles. The summed E-state index contributed by atoms with van der Waals surface area (Å²) in [4.78, 5) is 22.4. The van der Waals surface area contributed by atoms with Crippen LogP contribution in [0, 0.1) is 19.3 Å². The zero-order chi connectivity index (χ0) is 27.7. The van der Waals surface area contributed by atoms with Crippen molar-refractivity contribution in [3.05, 3.63) is 70.7 Å². The molecule has 0 amide bonds. The van der Waals surface area contributed by atoms with Crippen molar-refractivity contribution in [2.75, 3.05) is 58.2 Å². The predicted molar refractivity (Wildman–Crippen MR) is 157 cm³/mol. The highest BCUT2D eigenvalue weighted by Gasteiger charge is 2.47. The van der Waals surface area contributed by atoms with Gasteiger partial charge in [-0.15, -0.1) is 0 Å². The van der Waals surface area contributed by atoms with Crippen molar-refractivity contribution in [3.63, 3.8) is 0 Å². The van der Waals surface area contributed by atoms with Gasteiger partial charge >= 0.3 is 5.97 Å². The quantitative estimate of drug-likeness (QED) is 0.408. The van der Waals surface area contributed by atoms with Gasteiger partial charge in [0.05, 0.1) is 24.9 Å². The zero-order valence-electron chi connectivity index (χ0n) is 24.2. The molecule has 2 aromatic heterocycles. The zero-order valence-corrected chi connectivity index (χ0v) is 24.2. The Morgan fingerprint density at radius 2 is 1.98 bits per heavy atom. The van der Waals surface area contributed by atoms with Crippen LogP contribution in [0.15, 0.2) is 42.5 Å². The summed E-state index contributed by atoms with van der Waals surface area (Å²) < 4.78 is 7.07. The molecule has 0 radical (unpaired) electrons. The van der Waals surface area contributed by atoms with E-state index in [1.807, 2.05) is 11.6 Å². The van der Waals surface area contributed by atoms with Gasteiger partial charge in [-0.05, 0) is 75.0 Å². The van der Waals surface area contributed by atoms with Crippen molar-refractivity contribution in [1.82, 2.24) is 24.6 Å². The Labute approximate surface area is 237 Å². The number of benzene rings is 1. The maximum absolute atomic E-state index is 12.4. The molecule has 0 aliphatic carbocycles. The molecule has 1 aromatic carbocycles. The number of carbonyl (C=O) groups is 1. The monoisotopic (exact) mass is 542 g/mol. The lowest BCUT2D eigenvalue weighted by Gasteiger charge is -2.49. The van der Waals surface area contributed by atoms with E-state index in [0.717, 1.165) is 87.1 Å². The molecule has 3 aliphatic rings. The number of carbonyl (C=O) groups excluding carboxylic acids is 1. The number of hydrogen-bond acceptors (Lipinski definition) is 7. The molecule has 0 bridgehead atoms. The number of nitrogens with zero attached hydrogens (tertiary/aromatic N) is 5. The first-order valence-electron chi connectivity index (χ1n) is 14.8. The van der Waals surface area contributed by atoms with Crippen LogP contribution >= 0.6 is 0 Å². The molecule has 0 unspecified atom stereocenters. The fraction of sp³-hybridized carbons (Fsp3) is 0.531. The number of aromatic nitrogens is 3. The fourth-order valence-electron chi connectivity index (χ4n) is 6.97. The molecule has 8 heteroatoms. The van der Waals surface area contributed by atoms with Crippen LogP contribution in [0.5, 0.6) is 0 Å². The van der Waals surface area contributed by atoms with Crippen LogP contribution in [0.3, 0.4) is 0 Å². The maximum Gasteiger partial charge on any atom is 0.306 e. The molecular formula is C32H42N6O2. The van der Waals surface area contributed by atoms with Gasteiger partial charge in [-0.1, -0.05) is 18.2 Å². The summed E-state index contributed by atoms with van der Waals surface area (Å²) in [5, 5.41) is 8.12. The summed E-state index contributed by atoms with van der Waals surface area (Å²) >= 11 is 0. The fourth-order valence-corrected chi connectivity index (χ4v) is 6.97. The topological polar surface area (TPSA) is 75.5 Å². The second-order valence-electron chi connectivity index (χ2n) is 12.2. The standard InChI is InChI=1S/C32H42N6O2/c1-23-16-24(2)38(35-23)29-8-4-6-26(17-29)27(18-30(39)40-3)19-37-21-32(22-37)12-15-36(20-32)14-11-28-10-9-25-7-5-13-33-31(25)34-28/h4,6,8-10,16-17,27H,5,7,11-15,18-22H2,1-3H3,(H,33,34)/t27-/m1/s1. The largest absolute Gasteiger partial charge is 0.469 e. The third-order valence-electron chi connectivity index (χ3n) is 8.99. The number of methoxy groups -OCH3 is 1. The van der Waals surface area contributed by atoms with Crippen LogP contribution in [-0.4, -0.2) is 83.5 Å². The molecular weight excluding hydrogens is 500 g/mol. The minimum atomic E-state index is -0.158. The Bertz CT molecular complexity index is 1360. The number of nitrogens with one attached hydrogen (secondary N) is 1. The van der Waals surface area contributed by atoms with Crippen molar-refractivity contribution in [2.45, 2.75) is 51.9 Å². The molecule has 1 atom stereocenters. The third-order valence-corrected chi connectivity index (χ3v) is 8.99. The van der Waals surface area contributed by atoms with Gasteiger partial charge in [0, 0.05) is 68.4 Å². The van der Waals surface area contributed by atoms with E-state index in [9.17, 15) is 4.79 Å². The van der Waals surface area contributed by atoms with Crippen molar-refractivity contribution >= 4 is 11.8 Å². The van der Waals surface area contributed by atoms with Crippen LogP contribution in [0.25, 0.3) is 5.69 Å². The Balaban J connectivity index is 1.06. The Morgan fingerprint density at radius 3 is 2.77 bits per heavy atom. The van der Waals surface area contributed by atoms with Gasteiger partial charge in [0.15, 0.2) is 0 Å². The number of ether oxygens (including phenoxy) is 1. The Morgan fingerprint density at radius 1 is 1.12 bits per heavy atom. The van der Waals surface area contributed by atoms with Crippen LogP contribution < -0.4 is 5.32 Å². The molecule has 3 aromatic rings. The smallest absolute Gasteiger partial charge is 0.306 e. The van der Waals surface area contributed by atoms with Gasteiger partial charge < -0.3 is 19.9 Å². The van der Waals surface area contributed by atoms with Crippen LogP contribution in [0.1, 0.15) is 53.4 Å². The Hall–Kier alpha value is -3.23. The normalized spacial score (nSPS) is 19.2. The number of aryl methyl sites for hydroxylation is 3. The number of pyridine rings is 1. The highest BCUT2D eigenvalue weighted by Crippen LogP contribution is 2.41. The van der Waals surface area contributed by atoms with E-state index in [4.69, 9.17) is 9.72 Å². The summed E-state index contributed by atoms with van der Waals surface area (Å²) in [6.07, 6.45) is 4.96. The van der Waals surface area contributed by atoms with E-state index in [2.05, 4.69) is 69.6 Å². The van der Waals surface area contributed by atoms with E-state index >= 15 is 0 Å². The van der Waals surface area contributed by atoms with Crippen molar-refractivity contribution < 1.29 is 9.53 Å². The average Bonchev–Trinajstić information content (AvgIpc) is 3.53. The van der Waals surface area contributed by atoms with Crippen LogP contribution in [0.2, 0.25) is 0 Å². The first-order valence-corrected chi connectivity index (χ1v) is 14.8. The second kappa shape index (κ2) is 11.3. The number of hydrogen-bond donors (Lipinski definition) is 1. The SMILES string of the molecule is COC(=O)C[C@H](CN1CC2(CCN(CCc3ccc4c(n3)NCCC4)C2)C1)c1cccc(-n2nc(C)cc2C)c1. The summed E-state index contributed by atoms with van der Waals surface area (Å²) in [7, 11) is 1.48. The predicted octanol–water partition coefficient (Wildman–Crippen LogP) is 4.14. The minimum Gasteiger partial charge on any atom is -0.469 e. The number of likely N-dealkylation sites (tertiary alicyclic amines) is 2. The summed E-state index contributed by atoms with van der Waals surface area (Å²) in [6, 6.07) is 15.0. The molecule has 40 heavy (non-hydrogen) atoms. The van der Waals surface area contributed by atoms with Gasteiger partial charge in [-0.25, -0.2) is 9.67 Å².